The molecule has 0 saturated heterocycles. The largest absolute Gasteiger partial charge is 0.494 e. The summed E-state index contributed by atoms with van der Waals surface area (Å²) >= 11 is 0. The molecule has 0 bridgehead atoms. The molecule has 4 nitrogen and oxygen atoms in total. The number of benzene rings is 1. The highest BCUT2D eigenvalue weighted by atomic mass is 16.5. The fourth-order valence-corrected chi connectivity index (χ4v) is 2.46. The minimum absolute atomic E-state index is 0.0862. The van der Waals surface area contributed by atoms with Crippen molar-refractivity contribution in [1.29, 1.82) is 0 Å². The molecule has 1 aliphatic rings. The Kier molecular flexibility index (Phi) is 5.87. The summed E-state index contributed by atoms with van der Waals surface area (Å²) in [6.07, 6.45) is 4.38. The van der Waals surface area contributed by atoms with Gasteiger partial charge in [0.2, 0.25) is 5.91 Å². The lowest BCUT2D eigenvalue weighted by Gasteiger charge is -2.26. The number of amides is 1. The number of ether oxygens (including phenoxy) is 1. The van der Waals surface area contributed by atoms with Crippen molar-refractivity contribution in [2.75, 3.05) is 6.61 Å². The summed E-state index contributed by atoms with van der Waals surface area (Å²) in [6, 6.07) is 9.86. The number of carbonyl (C=O) groups excluding carboxylic acids is 1. The Hall–Kier alpha value is -1.55. The monoisotopic (exact) mass is 277 g/mol. The van der Waals surface area contributed by atoms with Gasteiger partial charge in [-0.3, -0.25) is 4.79 Å². The van der Waals surface area contributed by atoms with Gasteiger partial charge in [0, 0.05) is 12.5 Å². The minimum atomic E-state index is -0.178. The van der Waals surface area contributed by atoms with Crippen LogP contribution in [0.2, 0.25) is 0 Å². The predicted molar refractivity (Wildman–Crippen MR) is 77.6 cm³/mol. The summed E-state index contributed by atoms with van der Waals surface area (Å²) < 4.78 is 5.55. The van der Waals surface area contributed by atoms with Gasteiger partial charge in [-0.25, -0.2) is 0 Å². The van der Waals surface area contributed by atoms with Crippen molar-refractivity contribution in [3.63, 3.8) is 0 Å². The van der Waals surface area contributed by atoms with Gasteiger partial charge in [0.1, 0.15) is 5.75 Å². The molecule has 1 aromatic rings. The third-order valence-corrected chi connectivity index (χ3v) is 3.62. The first-order chi connectivity index (χ1) is 9.74. The fraction of sp³-hybridized carbons (Fsp3) is 0.562. The number of carbonyl (C=O) groups is 1. The van der Waals surface area contributed by atoms with Crippen molar-refractivity contribution in [2.45, 2.75) is 50.7 Å². The molecular weight excluding hydrogens is 254 g/mol. The van der Waals surface area contributed by atoms with E-state index in [1.807, 2.05) is 30.3 Å². The van der Waals surface area contributed by atoms with Crippen molar-refractivity contribution < 1.29 is 14.6 Å². The summed E-state index contributed by atoms with van der Waals surface area (Å²) in [6.45, 7) is 0.556. The highest BCUT2D eigenvalue weighted by Crippen LogP contribution is 2.18. The number of aliphatic hydroxyl groups is 1. The quantitative estimate of drug-likeness (QED) is 0.784. The highest BCUT2D eigenvalue weighted by molar-refractivity contribution is 5.76. The fourth-order valence-electron chi connectivity index (χ4n) is 2.46. The molecule has 1 saturated carbocycles. The lowest BCUT2D eigenvalue weighted by atomic mass is 9.93. The first-order valence-electron chi connectivity index (χ1n) is 7.39. The number of rotatable bonds is 6. The third kappa shape index (κ3) is 5.21. The molecule has 0 unspecified atom stereocenters. The van der Waals surface area contributed by atoms with Crippen LogP contribution in [0.3, 0.4) is 0 Å². The van der Waals surface area contributed by atoms with E-state index in [0.29, 0.717) is 13.0 Å². The van der Waals surface area contributed by atoms with E-state index in [-0.39, 0.29) is 18.1 Å². The second-order valence-corrected chi connectivity index (χ2v) is 5.34. The summed E-state index contributed by atoms with van der Waals surface area (Å²) in [5.41, 5.74) is 0. The highest BCUT2D eigenvalue weighted by Gasteiger charge is 2.20. The van der Waals surface area contributed by atoms with Crippen molar-refractivity contribution in [2.24, 2.45) is 0 Å². The van der Waals surface area contributed by atoms with E-state index in [1.54, 1.807) is 0 Å². The van der Waals surface area contributed by atoms with Crippen LogP contribution in [0.4, 0.5) is 0 Å². The molecule has 1 aromatic carbocycles. The molecule has 0 atom stereocenters. The molecular formula is C16H23NO3. The zero-order valence-corrected chi connectivity index (χ0v) is 11.8. The molecule has 1 fully saturated rings. The van der Waals surface area contributed by atoms with Gasteiger partial charge in [-0.1, -0.05) is 18.2 Å². The van der Waals surface area contributed by atoms with Crippen LogP contribution in [0.5, 0.6) is 5.75 Å². The van der Waals surface area contributed by atoms with E-state index in [0.717, 1.165) is 37.9 Å². The maximum absolute atomic E-state index is 11.8. The Morgan fingerprint density at radius 2 is 1.90 bits per heavy atom. The molecule has 0 heterocycles. The summed E-state index contributed by atoms with van der Waals surface area (Å²) in [5, 5.41) is 12.4. The topological polar surface area (TPSA) is 58.6 Å². The van der Waals surface area contributed by atoms with Gasteiger partial charge in [0.15, 0.2) is 0 Å². The molecule has 2 N–H and O–H groups in total. The van der Waals surface area contributed by atoms with Crippen molar-refractivity contribution in [3.8, 4) is 5.75 Å². The van der Waals surface area contributed by atoms with Gasteiger partial charge in [-0.05, 0) is 44.2 Å². The summed E-state index contributed by atoms with van der Waals surface area (Å²) in [5.74, 6) is 0.928. The predicted octanol–water partition coefficient (Wildman–Crippen LogP) is 2.27. The normalized spacial score (nSPS) is 22.2. The maximum Gasteiger partial charge on any atom is 0.220 e. The van der Waals surface area contributed by atoms with E-state index in [2.05, 4.69) is 5.32 Å². The first kappa shape index (κ1) is 14.9. The van der Waals surface area contributed by atoms with Crippen LogP contribution >= 0.6 is 0 Å². The molecule has 0 aliphatic heterocycles. The Labute approximate surface area is 120 Å². The zero-order valence-electron chi connectivity index (χ0n) is 11.8. The second kappa shape index (κ2) is 7.90. The van der Waals surface area contributed by atoms with E-state index >= 15 is 0 Å². The smallest absolute Gasteiger partial charge is 0.220 e. The number of hydrogen-bond acceptors (Lipinski definition) is 3. The van der Waals surface area contributed by atoms with Crippen LogP contribution < -0.4 is 10.1 Å². The maximum atomic E-state index is 11.8. The van der Waals surface area contributed by atoms with Crippen LogP contribution in [-0.4, -0.2) is 29.8 Å². The molecule has 1 aliphatic carbocycles. The standard InChI is InChI=1S/C16H23NO3/c18-14-10-8-13(9-11-14)17-16(19)7-4-12-20-15-5-2-1-3-6-15/h1-3,5-6,13-14,18H,4,7-12H2,(H,17,19). The Morgan fingerprint density at radius 1 is 1.20 bits per heavy atom. The molecule has 2 rings (SSSR count). The number of aliphatic hydroxyl groups excluding tert-OH is 1. The van der Waals surface area contributed by atoms with Gasteiger partial charge >= 0.3 is 0 Å². The number of nitrogens with one attached hydrogen (secondary N) is 1. The minimum Gasteiger partial charge on any atom is -0.494 e. The average molecular weight is 277 g/mol. The van der Waals surface area contributed by atoms with Crippen molar-refractivity contribution in [3.05, 3.63) is 30.3 Å². The zero-order chi connectivity index (χ0) is 14.2. The summed E-state index contributed by atoms with van der Waals surface area (Å²) in [7, 11) is 0. The number of para-hydroxylation sites is 1. The SMILES string of the molecule is O=C(CCCOc1ccccc1)NC1CCC(O)CC1. The molecule has 0 spiro atoms. The lowest BCUT2D eigenvalue weighted by molar-refractivity contribution is -0.122. The first-order valence-corrected chi connectivity index (χ1v) is 7.39. The van der Waals surface area contributed by atoms with Crippen LogP contribution in [0.25, 0.3) is 0 Å². The molecule has 20 heavy (non-hydrogen) atoms. The number of hydrogen-bond donors (Lipinski definition) is 2. The van der Waals surface area contributed by atoms with Gasteiger partial charge in [-0.2, -0.15) is 0 Å². The van der Waals surface area contributed by atoms with Gasteiger partial charge < -0.3 is 15.2 Å². The van der Waals surface area contributed by atoms with E-state index in [9.17, 15) is 9.90 Å². The van der Waals surface area contributed by atoms with E-state index in [1.165, 1.54) is 0 Å². The van der Waals surface area contributed by atoms with Crippen molar-refractivity contribution >= 4 is 5.91 Å². The third-order valence-electron chi connectivity index (χ3n) is 3.62. The van der Waals surface area contributed by atoms with Crippen LogP contribution in [0.1, 0.15) is 38.5 Å². The Balaban J connectivity index is 1.56. The van der Waals surface area contributed by atoms with Crippen LogP contribution in [0.15, 0.2) is 30.3 Å². The Morgan fingerprint density at radius 3 is 2.60 bits per heavy atom. The molecule has 110 valence electrons. The van der Waals surface area contributed by atoms with Crippen LogP contribution in [-0.2, 0) is 4.79 Å². The van der Waals surface area contributed by atoms with Gasteiger partial charge in [0.05, 0.1) is 12.7 Å². The average Bonchev–Trinajstić information content (AvgIpc) is 2.47. The summed E-state index contributed by atoms with van der Waals surface area (Å²) in [4.78, 5) is 11.8. The molecule has 0 aromatic heterocycles. The molecule has 4 heteroatoms. The van der Waals surface area contributed by atoms with Crippen molar-refractivity contribution in [1.82, 2.24) is 5.32 Å². The van der Waals surface area contributed by atoms with Crippen LogP contribution in [0, 0.1) is 0 Å². The Bertz CT molecular complexity index is 399. The van der Waals surface area contributed by atoms with E-state index in [4.69, 9.17) is 4.74 Å². The second-order valence-electron chi connectivity index (χ2n) is 5.34. The molecule has 1 amide bonds. The van der Waals surface area contributed by atoms with Gasteiger partial charge in [0.25, 0.3) is 0 Å². The lowest BCUT2D eigenvalue weighted by Crippen LogP contribution is -2.38. The van der Waals surface area contributed by atoms with Gasteiger partial charge in [-0.15, -0.1) is 0 Å². The molecule has 0 radical (unpaired) electrons. The van der Waals surface area contributed by atoms with E-state index < -0.39 is 0 Å².